The number of nitrogens with one attached hydrogen (secondary N) is 1. The summed E-state index contributed by atoms with van der Waals surface area (Å²) in [5, 5.41) is 3.37. The van der Waals surface area contributed by atoms with E-state index in [9.17, 15) is 13.2 Å². The van der Waals surface area contributed by atoms with Gasteiger partial charge in [0.25, 0.3) is 0 Å². The lowest BCUT2D eigenvalue weighted by Crippen LogP contribution is -2.48. The highest BCUT2D eigenvalue weighted by molar-refractivity contribution is 5.31. The molecule has 1 atom stereocenters. The number of hydrogen-bond donors (Lipinski definition) is 1. The lowest BCUT2D eigenvalue weighted by molar-refractivity contribution is -0.274. The molecule has 0 saturated carbocycles. The summed E-state index contributed by atoms with van der Waals surface area (Å²) in [4.78, 5) is 6.72. The van der Waals surface area contributed by atoms with Gasteiger partial charge in [-0.05, 0) is 24.3 Å². The summed E-state index contributed by atoms with van der Waals surface area (Å²) in [6, 6.07) is 5.58. The van der Waals surface area contributed by atoms with Crippen molar-refractivity contribution in [3.05, 3.63) is 42.5 Å². The summed E-state index contributed by atoms with van der Waals surface area (Å²) in [5.41, 5.74) is 0. The first-order valence-electron chi connectivity index (χ1n) is 8.33. The van der Waals surface area contributed by atoms with E-state index in [1.807, 2.05) is 17.8 Å². The van der Waals surface area contributed by atoms with E-state index in [-0.39, 0.29) is 11.8 Å². The summed E-state index contributed by atoms with van der Waals surface area (Å²) in [6.07, 6.45) is -0.989. The smallest absolute Gasteiger partial charge is 0.492 e. The number of ether oxygens (including phenoxy) is 2. The second-order valence-corrected chi connectivity index (χ2v) is 6.02. The number of alkyl halides is 3. The van der Waals surface area contributed by atoms with Crippen molar-refractivity contribution in [2.24, 2.45) is 7.05 Å². The number of rotatable bonds is 6. The predicted molar refractivity (Wildman–Crippen MR) is 89.0 cm³/mol. The van der Waals surface area contributed by atoms with Gasteiger partial charge in [0.05, 0.1) is 6.04 Å². The molecule has 1 saturated heterocycles. The van der Waals surface area contributed by atoms with Crippen LogP contribution >= 0.6 is 0 Å². The Balaban J connectivity index is 1.52. The fraction of sp³-hybridized carbons (Fsp3) is 0.471. The van der Waals surface area contributed by atoms with Gasteiger partial charge in [-0.1, -0.05) is 0 Å². The minimum Gasteiger partial charge on any atom is -0.492 e. The van der Waals surface area contributed by atoms with E-state index < -0.39 is 6.36 Å². The Morgan fingerprint density at radius 1 is 1.23 bits per heavy atom. The van der Waals surface area contributed by atoms with Crippen LogP contribution in [-0.4, -0.2) is 53.6 Å². The van der Waals surface area contributed by atoms with Gasteiger partial charge < -0.3 is 19.4 Å². The van der Waals surface area contributed by atoms with E-state index in [0.717, 1.165) is 25.5 Å². The van der Waals surface area contributed by atoms with E-state index in [1.165, 1.54) is 24.3 Å². The molecule has 9 heteroatoms. The Labute approximate surface area is 149 Å². The molecule has 2 aromatic rings. The van der Waals surface area contributed by atoms with Gasteiger partial charge in [0.1, 0.15) is 23.9 Å². The van der Waals surface area contributed by atoms with E-state index in [4.69, 9.17) is 4.74 Å². The van der Waals surface area contributed by atoms with Crippen LogP contribution in [0.15, 0.2) is 36.7 Å². The third-order valence-electron chi connectivity index (χ3n) is 4.22. The van der Waals surface area contributed by atoms with Crippen LogP contribution < -0.4 is 14.8 Å². The van der Waals surface area contributed by atoms with Crippen molar-refractivity contribution < 1.29 is 22.6 Å². The predicted octanol–water partition coefficient (Wildman–Crippen LogP) is 2.34. The maximum Gasteiger partial charge on any atom is 0.573 e. The average molecular weight is 370 g/mol. The molecule has 1 aromatic carbocycles. The van der Waals surface area contributed by atoms with Crippen molar-refractivity contribution in [3.63, 3.8) is 0 Å². The largest absolute Gasteiger partial charge is 0.573 e. The van der Waals surface area contributed by atoms with E-state index >= 15 is 0 Å². The van der Waals surface area contributed by atoms with Crippen LogP contribution in [0.1, 0.15) is 11.9 Å². The zero-order chi connectivity index (χ0) is 18.6. The summed E-state index contributed by atoms with van der Waals surface area (Å²) in [7, 11) is 1.97. The van der Waals surface area contributed by atoms with E-state index in [2.05, 4.69) is 19.9 Å². The van der Waals surface area contributed by atoms with Crippen molar-refractivity contribution in [2.75, 3.05) is 32.8 Å². The van der Waals surface area contributed by atoms with Crippen molar-refractivity contribution in [1.29, 1.82) is 0 Å². The fourth-order valence-corrected chi connectivity index (χ4v) is 2.99. The number of hydrogen-bond acceptors (Lipinski definition) is 5. The van der Waals surface area contributed by atoms with Gasteiger partial charge in [-0.25, -0.2) is 4.98 Å². The molecule has 0 radical (unpaired) electrons. The molecule has 0 bridgehead atoms. The summed E-state index contributed by atoms with van der Waals surface area (Å²) in [6.45, 7) is 3.71. The monoisotopic (exact) mass is 370 g/mol. The second-order valence-electron chi connectivity index (χ2n) is 6.02. The van der Waals surface area contributed by atoms with Crippen LogP contribution in [0.4, 0.5) is 13.2 Å². The van der Waals surface area contributed by atoms with Crippen LogP contribution in [0, 0.1) is 0 Å². The quantitative estimate of drug-likeness (QED) is 0.846. The van der Waals surface area contributed by atoms with Gasteiger partial charge in [0, 0.05) is 45.6 Å². The van der Waals surface area contributed by atoms with E-state index in [0.29, 0.717) is 18.9 Å². The molecule has 6 nitrogen and oxygen atoms in total. The average Bonchev–Trinajstić information content (AvgIpc) is 3.01. The normalized spacial score (nSPS) is 18.7. The number of nitrogens with zero attached hydrogens (tertiary/aromatic N) is 3. The summed E-state index contributed by atoms with van der Waals surface area (Å²) >= 11 is 0. The molecule has 3 rings (SSSR count). The topological polar surface area (TPSA) is 51.6 Å². The maximum atomic E-state index is 12.2. The van der Waals surface area contributed by atoms with Gasteiger partial charge in [-0.15, -0.1) is 13.2 Å². The highest BCUT2D eigenvalue weighted by atomic mass is 19.4. The summed E-state index contributed by atoms with van der Waals surface area (Å²) in [5.74, 6) is 1.23. The number of aromatic nitrogens is 2. The standard InChI is InChI=1S/C17H21F3N4O2/c1-23-8-7-22-16(23)15-12-21-6-9-24(15)10-11-25-13-2-4-14(5-3-13)26-17(18,19)20/h2-5,7-8,15,21H,6,9-12H2,1H3. The van der Waals surface area contributed by atoms with Crippen molar-refractivity contribution >= 4 is 0 Å². The molecule has 2 heterocycles. The van der Waals surface area contributed by atoms with Crippen molar-refractivity contribution in [2.45, 2.75) is 12.4 Å². The number of piperazine rings is 1. The zero-order valence-electron chi connectivity index (χ0n) is 14.4. The van der Waals surface area contributed by atoms with Gasteiger partial charge in [0.15, 0.2) is 0 Å². The molecule has 1 N–H and O–H groups in total. The molecule has 0 amide bonds. The van der Waals surface area contributed by atoms with Gasteiger partial charge in [-0.3, -0.25) is 4.90 Å². The molecular weight excluding hydrogens is 349 g/mol. The first kappa shape index (κ1) is 18.5. The highest BCUT2D eigenvalue weighted by Crippen LogP contribution is 2.25. The molecule has 1 aromatic heterocycles. The molecule has 26 heavy (non-hydrogen) atoms. The van der Waals surface area contributed by atoms with Gasteiger partial charge in [-0.2, -0.15) is 0 Å². The van der Waals surface area contributed by atoms with Crippen LogP contribution in [-0.2, 0) is 7.05 Å². The Kier molecular flexibility index (Phi) is 5.67. The molecular formula is C17H21F3N4O2. The van der Waals surface area contributed by atoms with Crippen LogP contribution in [0.2, 0.25) is 0 Å². The Morgan fingerprint density at radius 2 is 1.96 bits per heavy atom. The third-order valence-corrected chi connectivity index (χ3v) is 4.22. The minimum absolute atomic E-state index is 0.162. The lowest BCUT2D eigenvalue weighted by atomic mass is 10.2. The van der Waals surface area contributed by atoms with Gasteiger partial charge >= 0.3 is 6.36 Å². The van der Waals surface area contributed by atoms with Crippen molar-refractivity contribution in [3.8, 4) is 11.5 Å². The maximum absolute atomic E-state index is 12.2. The van der Waals surface area contributed by atoms with Crippen LogP contribution in [0.25, 0.3) is 0 Å². The van der Waals surface area contributed by atoms with Crippen LogP contribution in [0.3, 0.4) is 0 Å². The second kappa shape index (κ2) is 7.96. The number of imidazole rings is 1. The minimum atomic E-state index is -4.69. The summed E-state index contributed by atoms with van der Waals surface area (Å²) < 4.78 is 48.0. The Hall–Kier alpha value is -2.26. The molecule has 0 spiro atoms. The first-order chi connectivity index (χ1) is 12.4. The third kappa shape index (κ3) is 4.89. The molecule has 1 fully saturated rings. The zero-order valence-corrected chi connectivity index (χ0v) is 14.4. The van der Waals surface area contributed by atoms with Gasteiger partial charge in [0.2, 0.25) is 0 Å². The number of aryl methyl sites for hydroxylation is 1. The molecule has 142 valence electrons. The van der Waals surface area contributed by atoms with Crippen LogP contribution in [0.5, 0.6) is 11.5 Å². The fourth-order valence-electron chi connectivity index (χ4n) is 2.99. The van der Waals surface area contributed by atoms with E-state index in [1.54, 1.807) is 6.20 Å². The molecule has 1 aliphatic rings. The Morgan fingerprint density at radius 3 is 2.62 bits per heavy atom. The molecule has 1 unspecified atom stereocenters. The highest BCUT2D eigenvalue weighted by Gasteiger charge is 2.31. The number of benzene rings is 1. The Bertz CT molecular complexity index is 703. The molecule has 1 aliphatic heterocycles. The lowest BCUT2D eigenvalue weighted by Gasteiger charge is -2.35. The van der Waals surface area contributed by atoms with Crippen molar-refractivity contribution in [1.82, 2.24) is 19.8 Å². The molecule has 0 aliphatic carbocycles. The number of halogens is 3. The SMILES string of the molecule is Cn1ccnc1C1CNCCN1CCOc1ccc(OC(F)(F)F)cc1. The first-order valence-corrected chi connectivity index (χ1v) is 8.33.